The van der Waals surface area contributed by atoms with Crippen LogP contribution in [-0.2, 0) is 21.4 Å². The number of carbonyl (C=O) groups excluding carboxylic acids is 1. The van der Waals surface area contributed by atoms with Crippen LogP contribution < -0.4 is 10.1 Å². The number of hydrogen-bond acceptors (Lipinski definition) is 6. The molecule has 1 amide bonds. The molecule has 11 heteroatoms. The first kappa shape index (κ1) is 27.8. The van der Waals surface area contributed by atoms with Crippen LogP contribution in [0.25, 0.3) is 16.9 Å². The molecular weight excluding hydrogens is 547 g/mol. The Balaban J connectivity index is 1.46. The first-order chi connectivity index (χ1) is 19.7. The zero-order valence-corrected chi connectivity index (χ0v) is 23.1. The van der Waals surface area contributed by atoms with Crippen molar-refractivity contribution >= 4 is 21.9 Å². The molecule has 0 aliphatic rings. The van der Waals surface area contributed by atoms with Gasteiger partial charge in [-0.05, 0) is 79.7 Å². The Morgan fingerprint density at radius 3 is 2.37 bits per heavy atom. The molecule has 0 bridgehead atoms. The molecule has 0 saturated carbocycles. The molecule has 0 atom stereocenters. The smallest absolute Gasteiger partial charge is 0.243 e. The second-order valence-electron chi connectivity index (χ2n) is 9.24. The highest BCUT2D eigenvalue weighted by molar-refractivity contribution is 7.89. The van der Waals surface area contributed by atoms with E-state index in [1.54, 1.807) is 66.4 Å². The van der Waals surface area contributed by atoms with Crippen LogP contribution in [0.2, 0.25) is 0 Å². The summed E-state index contributed by atoms with van der Waals surface area (Å²) in [6, 6.07) is 22.6. The van der Waals surface area contributed by atoms with Gasteiger partial charge in [0.2, 0.25) is 21.9 Å². The standard InChI is InChI=1S/C30H27FN4O5S/c1-21-5-15-27(16-6-21)41(37,38)34(18-26-4-3-17-40-26)20-29(36)33-30-32-28(22-7-13-25(39-2)14-8-22)19-35(30)24-11-9-23(31)10-12-24/h3-17,19H,18,20H2,1-2H3,(H,32,33,36). The molecule has 0 fully saturated rings. The molecule has 1 N–H and O–H groups in total. The molecule has 0 aliphatic carbocycles. The fourth-order valence-corrected chi connectivity index (χ4v) is 5.52. The van der Waals surface area contributed by atoms with E-state index in [9.17, 15) is 17.6 Å². The number of anilines is 1. The molecule has 3 aromatic carbocycles. The van der Waals surface area contributed by atoms with E-state index >= 15 is 0 Å². The number of amides is 1. The molecule has 41 heavy (non-hydrogen) atoms. The van der Waals surface area contributed by atoms with E-state index in [2.05, 4.69) is 10.3 Å². The van der Waals surface area contributed by atoms with Crippen molar-refractivity contribution in [3.63, 3.8) is 0 Å². The number of methoxy groups -OCH3 is 1. The van der Waals surface area contributed by atoms with Crippen LogP contribution in [-0.4, -0.2) is 41.8 Å². The molecule has 5 rings (SSSR count). The number of benzene rings is 3. The Bertz CT molecular complexity index is 1730. The number of hydrogen-bond donors (Lipinski definition) is 1. The van der Waals surface area contributed by atoms with Crippen molar-refractivity contribution in [3.05, 3.63) is 115 Å². The quantitative estimate of drug-likeness (QED) is 0.239. The van der Waals surface area contributed by atoms with Crippen molar-refractivity contribution in [1.82, 2.24) is 13.9 Å². The third-order valence-electron chi connectivity index (χ3n) is 6.34. The number of aromatic nitrogens is 2. The van der Waals surface area contributed by atoms with Crippen LogP contribution in [0.15, 0.2) is 107 Å². The summed E-state index contributed by atoms with van der Waals surface area (Å²) >= 11 is 0. The Kier molecular flexibility index (Phi) is 7.99. The lowest BCUT2D eigenvalue weighted by atomic mass is 10.1. The van der Waals surface area contributed by atoms with Gasteiger partial charge in [-0.2, -0.15) is 4.31 Å². The Morgan fingerprint density at radius 2 is 1.73 bits per heavy atom. The van der Waals surface area contributed by atoms with E-state index in [4.69, 9.17) is 9.15 Å². The van der Waals surface area contributed by atoms with E-state index < -0.39 is 28.3 Å². The fraction of sp³-hybridized carbons (Fsp3) is 0.133. The van der Waals surface area contributed by atoms with Gasteiger partial charge in [0.25, 0.3) is 0 Å². The first-order valence-corrected chi connectivity index (χ1v) is 14.1. The van der Waals surface area contributed by atoms with E-state index in [1.165, 1.54) is 30.5 Å². The predicted octanol–water partition coefficient (Wildman–Crippen LogP) is 5.42. The van der Waals surface area contributed by atoms with E-state index in [0.29, 0.717) is 22.9 Å². The average Bonchev–Trinajstić information content (AvgIpc) is 3.64. The maximum Gasteiger partial charge on any atom is 0.243 e. The van der Waals surface area contributed by atoms with Crippen molar-refractivity contribution in [2.45, 2.75) is 18.4 Å². The van der Waals surface area contributed by atoms with Gasteiger partial charge in [-0.1, -0.05) is 17.7 Å². The van der Waals surface area contributed by atoms with Crippen LogP contribution in [0, 0.1) is 12.7 Å². The van der Waals surface area contributed by atoms with Crippen molar-refractivity contribution in [3.8, 4) is 22.7 Å². The van der Waals surface area contributed by atoms with Gasteiger partial charge < -0.3 is 9.15 Å². The normalized spacial score (nSPS) is 11.5. The lowest BCUT2D eigenvalue weighted by Crippen LogP contribution is -2.37. The zero-order chi connectivity index (χ0) is 29.0. The molecule has 5 aromatic rings. The van der Waals surface area contributed by atoms with Crippen LogP contribution in [0.3, 0.4) is 0 Å². The van der Waals surface area contributed by atoms with Crippen LogP contribution in [0.4, 0.5) is 10.3 Å². The Labute approximate surface area is 236 Å². The highest BCUT2D eigenvalue weighted by Gasteiger charge is 2.28. The summed E-state index contributed by atoms with van der Waals surface area (Å²) in [5, 5.41) is 2.74. The summed E-state index contributed by atoms with van der Waals surface area (Å²) in [7, 11) is -2.49. The van der Waals surface area contributed by atoms with Gasteiger partial charge >= 0.3 is 0 Å². The molecule has 2 aromatic heterocycles. The topological polar surface area (TPSA) is 107 Å². The monoisotopic (exact) mass is 574 g/mol. The molecule has 210 valence electrons. The van der Waals surface area contributed by atoms with Gasteiger partial charge in [0.1, 0.15) is 17.3 Å². The maximum atomic E-state index is 13.7. The molecule has 0 aliphatic heterocycles. The summed E-state index contributed by atoms with van der Waals surface area (Å²) in [5.74, 6) is 0.153. The minimum Gasteiger partial charge on any atom is -0.497 e. The van der Waals surface area contributed by atoms with Gasteiger partial charge in [0.15, 0.2) is 0 Å². The van der Waals surface area contributed by atoms with Gasteiger partial charge in [0.05, 0.1) is 37.1 Å². The molecule has 9 nitrogen and oxygen atoms in total. The largest absolute Gasteiger partial charge is 0.497 e. The number of carbonyl (C=O) groups is 1. The number of sulfonamides is 1. The number of nitrogens with zero attached hydrogens (tertiary/aromatic N) is 3. The van der Waals surface area contributed by atoms with Gasteiger partial charge in [0, 0.05) is 17.4 Å². The second kappa shape index (κ2) is 11.8. The van der Waals surface area contributed by atoms with Crippen molar-refractivity contribution in [2.24, 2.45) is 0 Å². The fourth-order valence-electron chi connectivity index (χ4n) is 4.15. The maximum absolute atomic E-state index is 13.7. The molecule has 0 spiro atoms. The van der Waals surface area contributed by atoms with Crippen molar-refractivity contribution in [1.29, 1.82) is 0 Å². The van der Waals surface area contributed by atoms with Crippen LogP contribution in [0.5, 0.6) is 5.75 Å². The lowest BCUT2D eigenvalue weighted by Gasteiger charge is -2.21. The minimum atomic E-state index is -4.06. The summed E-state index contributed by atoms with van der Waals surface area (Å²) in [4.78, 5) is 18.0. The highest BCUT2D eigenvalue weighted by atomic mass is 32.2. The number of imidazole rings is 1. The number of furan rings is 1. The minimum absolute atomic E-state index is 0.0528. The molecule has 0 saturated heterocycles. The number of rotatable bonds is 10. The SMILES string of the molecule is COc1ccc(-c2cn(-c3ccc(F)cc3)c(NC(=O)CN(Cc3ccco3)S(=O)(=O)c3ccc(C)cc3)n2)cc1. The number of aryl methyl sites for hydroxylation is 1. The third kappa shape index (κ3) is 6.37. The zero-order valence-electron chi connectivity index (χ0n) is 22.3. The third-order valence-corrected chi connectivity index (χ3v) is 8.14. The molecular formula is C30H27FN4O5S. The molecule has 0 unspecified atom stereocenters. The highest BCUT2D eigenvalue weighted by Crippen LogP contribution is 2.27. The van der Waals surface area contributed by atoms with Gasteiger partial charge in [-0.3, -0.25) is 14.7 Å². The Hall–Kier alpha value is -4.74. The van der Waals surface area contributed by atoms with Crippen LogP contribution in [0.1, 0.15) is 11.3 Å². The molecule has 2 heterocycles. The number of halogens is 1. The summed E-state index contributed by atoms with van der Waals surface area (Å²) < 4.78 is 54.0. The van der Waals surface area contributed by atoms with Crippen molar-refractivity contribution in [2.75, 3.05) is 19.0 Å². The van der Waals surface area contributed by atoms with Crippen LogP contribution >= 0.6 is 0 Å². The van der Waals surface area contributed by atoms with Gasteiger partial charge in [-0.15, -0.1) is 0 Å². The summed E-state index contributed by atoms with van der Waals surface area (Å²) in [6.07, 6.45) is 3.14. The lowest BCUT2D eigenvalue weighted by molar-refractivity contribution is -0.116. The summed E-state index contributed by atoms with van der Waals surface area (Å²) in [6.45, 7) is 1.19. The predicted molar refractivity (Wildman–Crippen MR) is 152 cm³/mol. The van der Waals surface area contributed by atoms with Gasteiger partial charge in [-0.25, -0.2) is 17.8 Å². The number of ether oxygens (including phenoxy) is 1. The molecule has 0 radical (unpaired) electrons. The van der Waals surface area contributed by atoms with Crippen molar-refractivity contribution < 1.29 is 26.8 Å². The van der Waals surface area contributed by atoms with E-state index in [1.807, 2.05) is 19.1 Å². The second-order valence-corrected chi connectivity index (χ2v) is 11.2. The van der Waals surface area contributed by atoms with E-state index in [0.717, 1.165) is 15.4 Å². The number of nitrogens with one attached hydrogen (secondary N) is 1. The Morgan fingerprint density at radius 1 is 1.02 bits per heavy atom. The van der Waals surface area contributed by atoms with E-state index in [-0.39, 0.29) is 17.4 Å². The first-order valence-electron chi connectivity index (χ1n) is 12.6. The average molecular weight is 575 g/mol. The summed E-state index contributed by atoms with van der Waals surface area (Å²) in [5.41, 5.74) is 2.74.